The van der Waals surface area contributed by atoms with Crippen LogP contribution in [-0.2, 0) is 4.79 Å². The van der Waals surface area contributed by atoms with Gasteiger partial charge in [-0.1, -0.05) is 41.7 Å². The van der Waals surface area contributed by atoms with Gasteiger partial charge in [-0.15, -0.1) is 0 Å². The summed E-state index contributed by atoms with van der Waals surface area (Å²) in [6, 6.07) is 15.4. The molecule has 204 valence electrons. The van der Waals surface area contributed by atoms with E-state index in [2.05, 4.69) is 29.2 Å². The number of rotatable bonds is 7. The average molecular weight is 545 g/mol. The first kappa shape index (κ1) is 26.9. The van der Waals surface area contributed by atoms with E-state index in [4.69, 9.17) is 9.73 Å². The average Bonchev–Trinajstić information content (AvgIpc) is 3.27. The number of allylic oxidation sites excluding steroid dienone is 1. The highest BCUT2D eigenvalue weighted by Crippen LogP contribution is 2.36. The molecule has 0 bridgehead atoms. The van der Waals surface area contributed by atoms with Gasteiger partial charge in [0.25, 0.3) is 11.5 Å². The number of thiazole rings is 1. The molecule has 7 nitrogen and oxygen atoms in total. The maximum absolute atomic E-state index is 14.0. The molecule has 1 atom stereocenters. The summed E-state index contributed by atoms with van der Waals surface area (Å²) >= 11 is 1.36. The number of aromatic nitrogens is 1. The van der Waals surface area contributed by atoms with Gasteiger partial charge in [0.2, 0.25) is 0 Å². The van der Waals surface area contributed by atoms with Crippen LogP contribution in [-0.4, -0.2) is 48.7 Å². The molecule has 0 aliphatic carbocycles. The van der Waals surface area contributed by atoms with E-state index in [9.17, 15) is 9.59 Å². The van der Waals surface area contributed by atoms with Gasteiger partial charge in [0.1, 0.15) is 11.8 Å². The first-order valence-electron chi connectivity index (χ1n) is 13.8. The van der Waals surface area contributed by atoms with Crippen LogP contribution in [0.15, 0.2) is 69.6 Å². The zero-order chi connectivity index (χ0) is 27.5. The van der Waals surface area contributed by atoms with E-state index < -0.39 is 6.04 Å². The molecule has 5 rings (SSSR count). The second-order valence-electron chi connectivity index (χ2n) is 9.94. The predicted molar refractivity (Wildman–Crippen MR) is 157 cm³/mol. The van der Waals surface area contributed by atoms with Crippen molar-refractivity contribution in [3.05, 3.63) is 90.6 Å². The molecule has 2 aromatic carbocycles. The zero-order valence-electron chi connectivity index (χ0n) is 23.1. The van der Waals surface area contributed by atoms with Crippen molar-refractivity contribution in [3.8, 4) is 5.75 Å². The van der Waals surface area contributed by atoms with Crippen LogP contribution in [0, 0.1) is 0 Å². The lowest BCUT2D eigenvalue weighted by Gasteiger charge is -2.29. The number of carbonyl (C=O) groups is 1. The van der Waals surface area contributed by atoms with Crippen molar-refractivity contribution < 1.29 is 9.53 Å². The third-order valence-electron chi connectivity index (χ3n) is 7.65. The van der Waals surface area contributed by atoms with Crippen LogP contribution in [0.3, 0.4) is 0 Å². The summed E-state index contributed by atoms with van der Waals surface area (Å²) in [5.41, 5.74) is 3.93. The van der Waals surface area contributed by atoms with Crippen LogP contribution < -0.4 is 24.5 Å². The number of methoxy groups -OCH3 is 1. The SMILES string of the molecule is CCN(CC)C(=O)C1=C(C)N=c2s/c(=C\c3ccc(N4CCCCC4)cc3)c(=O)n2[C@H]1c1ccccc1OC. The maximum Gasteiger partial charge on any atom is 0.271 e. The third-order valence-corrected chi connectivity index (χ3v) is 8.63. The number of benzene rings is 2. The van der Waals surface area contributed by atoms with Gasteiger partial charge >= 0.3 is 0 Å². The molecule has 1 amide bonds. The summed E-state index contributed by atoms with van der Waals surface area (Å²) in [7, 11) is 1.61. The fraction of sp³-hybridized carbons (Fsp3) is 0.387. The van der Waals surface area contributed by atoms with E-state index in [1.54, 1.807) is 16.6 Å². The minimum Gasteiger partial charge on any atom is -0.496 e. The summed E-state index contributed by atoms with van der Waals surface area (Å²) in [4.78, 5) is 37.3. The quantitative estimate of drug-likeness (QED) is 0.449. The number of para-hydroxylation sites is 1. The van der Waals surface area contributed by atoms with E-state index in [1.807, 2.05) is 51.1 Å². The first-order chi connectivity index (χ1) is 19.0. The second-order valence-corrected chi connectivity index (χ2v) is 10.9. The molecule has 0 radical (unpaired) electrons. The Kier molecular flexibility index (Phi) is 8.02. The minimum atomic E-state index is -0.630. The van der Waals surface area contributed by atoms with Crippen LogP contribution in [0.25, 0.3) is 6.08 Å². The molecule has 3 heterocycles. The van der Waals surface area contributed by atoms with Crippen molar-refractivity contribution in [2.75, 3.05) is 38.2 Å². The molecule has 3 aromatic rings. The summed E-state index contributed by atoms with van der Waals surface area (Å²) in [6.45, 7) is 9.10. The van der Waals surface area contributed by atoms with E-state index in [0.717, 1.165) is 24.2 Å². The molecular formula is C31H36N4O3S. The number of hydrogen-bond acceptors (Lipinski definition) is 6. The Morgan fingerprint density at radius 2 is 1.77 bits per heavy atom. The number of carbonyl (C=O) groups excluding carboxylic acids is 1. The summed E-state index contributed by atoms with van der Waals surface area (Å²) in [5, 5.41) is 0. The molecule has 1 aromatic heterocycles. The van der Waals surface area contributed by atoms with Crippen molar-refractivity contribution in [1.29, 1.82) is 0 Å². The lowest BCUT2D eigenvalue weighted by molar-refractivity contribution is -0.127. The van der Waals surface area contributed by atoms with Crippen molar-refractivity contribution in [1.82, 2.24) is 9.47 Å². The third kappa shape index (κ3) is 5.17. The van der Waals surface area contributed by atoms with E-state index in [-0.39, 0.29) is 11.5 Å². The number of amides is 1. The largest absolute Gasteiger partial charge is 0.496 e. The summed E-state index contributed by atoms with van der Waals surface area (Å²) in [6.07, 6.45) is 5.68. The standard InChI is InChI=1S/C31H36N4O3S/c1-5-33(6-2)30(37)27-21(3)32-31-35(28(27)24-12-8-9-13-25(24)38-4)29(36)26(39-31)20-22-14-16-23(17-15-22)34-18-10-7-11-19-34/h8-9,12-17,20,28H,5-7,10-11,18-19H2,1-4H3/b26-20-/t28-/m0/s1. The predicted octanol–water partition coefficient (Wildman–Crippen LogP) is 4.10. The lowest BCUT2D eigenvalue weighted by atomic mass is 9.94. The maximum atomic E-state index is 14.0. The normalized spacial score (nSPS) is 17.6. The molecule has 2 aliphatic heterocycles. The monoisotopic (exact) mass is 544 g/mol. The van der Waals surface area contributed by atoms with Crippen molar-refractivity contribution in [2.45, 2.75) is 46.1 Å². The van der Waals surface area contributed by atoms with E-state index >= 15 is 0 Å². The van der Waals surface area contributed by atoms with Crippen LogP contribution >= 0.6 is 11.3 Å². The van der Waals surface area contributed by atoms with Crippen LogP contribution in [0.4, 0.5) is 5.69 Å². The molecular weight excluding hydrogens is 508 g/mol. The van der Waals surface area contributed by atoms with Gasteiger partial charge in [0, 0.05) is 37.4 Å². The van der Waals surface area contributed by atoms with Gasteiger partial charge in [0.15, 0.2) is 4.80 Å². The fourth-order valence-corrected chi connectivity index (χ4v) is 6.59. The molecule has 1 saturated heterocycles. The van der Waals surface area contributed by atoms with Gasteiger partial charge in [-0.25, -0.2) is 4.99 Å². The van der Waals surface area contributed by atoms with Gasteiger partial charge in [-0.3, -0.25) is 14.2 Å². The van der Waals surface area contributed by atoms with Gasteiger partial charge in [-0.2, -0.15) is 0 Å². The zero-order valence-corrected chi connectivity index (χ0v) is 24.0. The number of hydrogen-bond donors (Lipinski definition) is 0. The van der Waals surface area contributed by atoms with Gasteiger partial charge in [0.05, 0.1) is 22.9 Å². The number of piperidine rings is 1. The highest BCUT2D eigenvalue weighted by Gasteiger charge is 2.35. The lowest BCUT2D eigenvalue weighted by Crippen LogP contribution is -2.43. The van der Waals surface area contributed by atoms with E-state index in [0.29, 0.717) is 39.4 Å². The van der Waals surface area contributed by atoms with E-state index in [1.165, 1.54) is 36.3 Å². The Hall–Kier alpha value is -3.65. The Morgan fingerprint density at radius 1 is 1.08 bits per heavy atom. The summed E-state index contributed by atoms with van der Waals surface area (Å²) < 4.78 is 7.95. The van der Waals surface area contributed by atoms with Crippen LogP contribution in [0.1, 0.15) is 57.2 Å². The molecule has 0 spiro atoms. The number of nitrogens with zero attached hydrogens (tertiary/aromatic N) is 4. The highest BCUT2D eigenvalue weighted by molar-refractivity contribution is 7.07. The number of anilines is 1. The number of ether oxygens (including phenoxy) is 1. The number of fused-ring (bicyclic) bond motifs is 1. The highest BCUT2D eigenvalue weighted by atomic mass is 32.1. The van der Waals surface area contributed by atoms with Crippen molar-refractivity contribution in [2.24, 2.45) is 4.99 Å². The minimum absolute atomic E-state index is 0.111. The van der Waals surface area contributed by atoms with Gasteiger partial charge < -0.3 is 14.5 Å². The van der Waals surface area contributed by atoms with Crippen LogP contribution in [0.5, 0.6) is 5.75 Å². The topological polar surface area (TPSA) is 67.1 Å². The number of likely N-dealkylation sites (N-methyl/N-ethyl adjacent to an activating group) is 1. The first-order valence-corrected chi connectivity index (χ1v) is 14.6. The Morgan fingerprint density at radius 3 is 2.44 bits per heavy atom. The Labute approximate surface area is 233 Å². The molecule has 1 fully saturated rings. The Balaban J connectivity index is 1.62. The molecule has 39 heavy (non-hydrogen) atoms. The summed E-state index contributed by atoms with van der Waals surface area (Å²) in [5.74, 6) is 0.518. The molecule has 2 aliphatic rings. The van der Waals surface area contributed by atoms with Gasteiger partial charge in [-0.05, 0) is 69.9 Å². The molecule has 0 unspecified atom stereocenters. The smallest absolute Gasteiger partial charge is 0.271 e. The van der Waals surface area contributed by atoms with Crippen molar-refractivity contribution in [3.63, 3.8) is 0 Å². The second kappa shape index (κ2) is 11.6. The van der Waals surface area contributed by atoms with Crippen molar-refractivity contribution >= 4 is 29.0 Å². The van der Waals surface area contributed by atoms with Crippen LogP contribution in [0.2, 0.25) is 0 Å². The fourth-order valence-electron chi connectivity index (χ4n) is 5.55. The Bertz CT molecular complexity index is 1560. The molecule has 0 N–H and O–H groups in total. The molecule has 0 saturated carbocycles. The molecule has 8 heteroatoms.